The van der Waals surface area contributed by atoms with Crippen LogP contribution in [-0.2, 0) is 0 Å². The molecule has 2 saturated heterocycles. The summed E-state index contributed by atoms with van der Waals surface area (Å²) in [4.78, 5) is 2.75. The number of piperidine rings is 1. The monoisotopic (exact) mass is 164 g/mol. The van der Waals surface area contributed by atoms with Crippen molar-refractivity contribution in [1.82, 2.24) is 10.2 Å². The van der Waals surface area contributed by atoms with Crippen molar-refractivity contribution in [2.75, 3.05) is 26.2 Å². The van der Waals surface area contributed by atoms with E-state index in [4.69, 9.17) is 0 Å². The first-order valence-electron chi connectivity index (χ1n) is 5.33. The zero-order valence-electron chi connectivity index (χ0n) is 7.42. The van der Waals surface area contributed by atoms with E-state index in [1.807, 2.05) is 0 Å². The first-order chi connectivity index (χ1) is 5.88. The van der Waals surface area contributed by atoms with Crippen LogP contribution in [0.4, 0.5) is 0 Å². The fourth-order valence-corrected chi connectivity index (χ4v) is 3.45. The summed E-state index contributed by atoms with van der Waals surface area (Å²) < 4.78 is 0. The van der Waals surface area contributed by atoms with E-state index in [0.717, 1.165) is 23.3 Å². The average Bonchev–Trinajstić information content (AvgIpc) is 2.85. The summed E-state index contributed by atoms with van der Waals surface area (Å²) in [5.74, 6) is 2.09. The highest BCUT2D eigenvalue weighted by Crippen LogP contribution is 2.58. The van der Waals surface area contributed by atoms with E-state index in [0.29, 0.717) is 0 Å². The molecule has 2 unspecified atom stereocenters. The third-order valence-corrected chi connectivity index (χ3v) is 4.50. The maximum atomic E-state index is 3.46. The van der Waals surface area contributed by atoms with Crippen molar-refractivity contribution in [3.63, 3.8) is 0 Å². The van der Waals surface area contributed by atoms with Crippen molar-refractivity contribution in [2.45, 2.75) is 18.9 Å². The van der Waals surface area contributed by atoms with E-state index in [1.54, 1.807) is 0 Å². The fraction of sp³-hybridized carbons (Fsp3) is 1.00. The number of likely N-dealkylation sites (tertiary alicyclic amines) is 1. The van der Waals surface area contributed by atoms with Crippen LogP contribution >= 0.6 is 0 Å². The molecule has 0 aromatic carbocycles. The highest BCUT2D eigenvalue weighted by molar-refractivity contribution is 5.16. The van der Waals surface area contributed by atoms with Crippen LogP contribution in [0.5, 0.6) is 0 Å². The molecule has 1 N–H and O–H groups in total. The third kappa shape index (κ3) is 0.647. The molecule has 2 aliphatic heterocycles. The fourth-order valence-electron chi connectivity index (χ4n) is 3.45. The number of rotatable bonds is 1. The van der Waals surface area contributed by atoms with Crippen molar-refractivity contribution in [1.29, 1.82) is 0 Å². The lowest BCUT2D eigenvalue weighted by atomic mass is 9.96. The highest BCUT2D eigenvalue weighted by Gasteiger charge is 2.63. The molecule has 12 heavy (non-hydrogen) atoms. The highest BCUT2D eigenvalue weighted by atomic mass is 15.3. The Morgan fingerprint density at radius 1 is 1.08 bits per heavy atom. The van der Waals surface area contributed by atoms with Gasteiger partial charge in [0.2, 0.25) is 0 Å². The lowest BCUT2D eigenvalue weighted by Gasteiger charge is -2.41. The maximum Gasteiger partial charge on any atom is 0.0184 e. The van der Waals surface area contributed by atoms with E-state index < -0.39 is 0 Å². The number of nitrogens with one attached hydrogen (secondary N) is 1. The molecule has 2 heteroatoms. The van der Waals surface area contributed by atoms with Gasteiger partial charge >= 0.3 is 0 Å². The predicted molar refractivity (Wildman–Crippen MR) is 46.9 cm³/mol. The lowest BCUT2D eigenvalue weighted by Crippen LogP contribution is -2.51. The van der Waals surface area contributed by atoms with Crippen molar-refractivity contribution < 1.29 is 0 Å². The number of fused-ring (bicyclic) bond motifs is 1. The van der Waals surface area contributed by atoms with Crippen LogP contribution < -0.4 is 5.32 Å². The van der Waals surface area contributed by atoms with Gasteiger partial charge in [-0.05, 0) is 43.2 Å². The number of hydrogen-bond acceptors (Lipinski definition) is 2. The Bertz CT molecular complexity index is 216. The van der Waals surface area contributed by atoms with Crippen LogP contribution in [0.2, 0.25) is 0 Å². The van der Waals surface area contributed by atoms with Gasteiger partial charge in [0.15, 0.2) is 0 Å². The maximum absolute atomic E-state index is 3.46. The Hall–Kier alpha value is -0.0800. The minimum Gasteiger partial charge on any atom is -0.316 e. The van der Waals surface area contributed by atoms with Crippen LogP contribution in [-0.4, -0.2) is 37.1 Å². The second-order valence-electron chi connectivity index (χ2n) is 5.38. The standard InChI is InChI=1S/C10H16N2/c1-2-10(1)5-12(6-10)9-7-3-11-4-8(7)9/h7-9,11H,1-6H2. The summed E-state index contributed by atoms with van der Waals surface area (Å²) in [7, 11) is 0. The van der Waals surface area contributed by atoms with Gasteiger partial charge in [-0.25, -0.2) is 0 Å². The molecule has 2 nitrogen and oxygen atoms in total. The summed E-state index contributed by atoms with van der Waals surface area (Å²) in [6.07, 6.45) is 3.06. The van der Waals surface area contributed by atoms with E-state index >= 15 is 0 Å². The Kier molecular flexibility index (Phi) is 0.921. The van der Waals surface area contributed by atoms with Gasteiger partial charge in [-0.15, -0.1) is 0 Å². The van der Waals surface area contributed by atoms with Gasteiger partial charge in [-0.1, -0.05) is 0 Å². The summed E-state index contributed by atoms with van der Waals surface area (Å²) >= 11 is 0. The largest absolute Gasteiger partial charge is 0.316 e. The van der Waals surface area contributed by atoms with Crippen LogP contribution in [0.25, 0.3) is 0 Å². The minimum absolute atomic E-state index is 0.865. The lowest BCUT2D eigenvalue weighted by molar-refractivity contribution is 0.0612. The quantitative estimate of drug-likeness (QED) is 0.599. The van der Waals surface area contributed by atoms with E-state index in [-0.39, 0.29) is 0 Å². The van der Waals surface area contributed by atoms with Crippen molar-refractivity contribution in [3.05, 3.63) is 0 Å². The summed E-state index contributed by atoms with van der Waals surface area (Å²) in [5.41, 5.74) is 0.865. The van der Waals surface area contributed by atoms with E-state index in [1.165, 1.54) is 39.0 Å². The summed E-state index contributed by atoms with van der Waals surface area (Å²) in [5, 5.41) is 3.46. The smallest absolute Gasteiger partial charge is 0.0184 e. The molecule has 66 valence electrons. The Morgan fingerprint density at radius 3 is 2.33 bits per heavy atom. The van der Waals surface area contributed by atoms with Gasteiger partial charge in [0.25, 0.3) is 0 Å². The molecule has 4 rings (SSSR count). The predicted octanol–water partition coefficient (Wildman–Crippen LogP) is 0.300. The molecule has 2 atom stereocenters. The Morgan fingerprint density at radius 2 is 1.75 bits per heavy atom. The van der Waals surface area contributed by atoms with Gasteiger partial charge in [0.05, 0.1) is 0 Å². The zero-order valence-corrected chi connectivity index (χ0v) is 7.42. The molecule has 0 amide bonds. The van der Waals surface area contributed by atoms with Crippen molar-refractivity contribution in [2.24, 2.45) is 17.3 Å². The Labute approximate surface area is 73.3 Å². The number of hydrogen-bond donors (Lipinski definition) is 1. The van der Waals surface area contributed by atoms with E-state index in [9.17, 15) is 0 Å². The topological polar surface area (TPSA) is 15.3 Å². The molecule has 4 aliphatic rings. The second kappa shape index (κ2) is 1.73. The molecule has 2 heterocycles. The zero-order chi connectivity index (χ0) is 7.76. The molecular formula is C10H16N2. The molecule has 2 saturated carbocycles. The van der Waals surface area contributed by atoms with Crippen molar-refractivity contribution in [3.8, 4) is 0 Å². The molecule has 2 aliphatic carbocycles. The molecular weight excluding hydrogens is 148 g/mol. The average molecular weight is 164 g/mol. The molecule has 0 radical (unpaired) electrons. The van der Waals surface area contributed by atoms with Gasteiger partial charge in [0.1, 0.15) is 0 Å². The Balaban J connectivity index is 1.43. The second-order valence-corrected chi connectivity index (χ2v) is 5.38. The van der Waals surface area contributed by atoms with Crippen LogP contribution in [0.1, 0.15) is 12.8 Å². The van der Waals surface area contributed by atoms with Crippen molar-refractivity contribution >= 4 is 0 Å². The normalized spacial score (nSPS) is 53.5. The van der Waals surface area contributed by atoms with E-state index in [2.05, 4.69) is 10.2 Å². The van der Waals surface area contributed by atoms with Crippen LogP contribution in [0.15, 0.2) is 0 Å². The van der Waals surface area contributed by atoms with Gasteiger partial charge in [0, 0.05) is 19.1 Å². The molecule has 0 aromatic rings. The first kappa shape index (κ1) is 6.39. The van der Waals surface area contributed by atoms with Crippen LogP contribution in [0.3, 0.4) is 0 Å². The summed E-state index contributed by atoms with van der Waals surface area (Å²) in [6, 6.07) is 1.01. The first-order valence-corrected chi connectivity index (χ1v) is 5.33. The molecule has 1 spiro atoms. The molecule has 0 aromatic heterocycles. The van der Waals surface area contributed by atoms with Crippen LogP contribution in [0, 0.1) is 17.3 Å². The third-order valence-electron chi connectivity index (χ3n) is 4.50. The molecule has 0 bridgehead atoms. The summed E-state index contributed by atoms with van der Waals surface area (Å²) in [6.45, 7) is 5.51. The van der Waals surface area contributed by atoms with Gasteiger partial charge in [-0.2, -0.15) is 0 Å². The van der Waals surface area contributed by atoms with Gasteiger partial charge in [-0.3, -0.25) is 4.90 Å². The number of nitrogens with zero attached hydrogens (tertiary/aromatic N) is 1. The SMILES string of the molecule is C1NCC2C1C2N1CC2(CC2)C1. The minimum atomic E-state index is 0.865. The van der Waals surface area contributed by atoms with Gasteiger partial charge < -0.3 is 5.32 Å². The molecule has 4 fully saturated rings.